The second-order valence-corrected chi connectivity index (χ2v) is 4.74. The Bertz CT molecular complexity index is 539. The van der Waals surface area contributed by atoms with Crippen molar-refractivity contribution >= 4 is 5.78 Å². The second-order valence-electron chi connectivity index (χ2n) is 4.74. The summed E-state index contributed by atoms with van der Waals surface area (Å²) in [6, 6.07) is 2.39. The molecule has 0 bridgehead atoms. The monoisotopic (exact) mass is 231 g/mol. The number of aromatic nitrogens is 4. The molecule has 0 aromatic carbocycles. The van der Waals surface area contributed by atoms with Gasteiger partial charge >= 0.3 is 0 Å². The largest absolute Gasteiger partial charge is 0.307 e. The van der Waals surface area contributed by atoms with Crippen molar-refractivity contribution in [3.05, 3.63) is 23.3 Å². The summed E-state index contributed by atoms with van der Waals surface area (Å²) in [5.41, 5.74) is 2.14. The summed E-state index contributed by atoms with van der Waals surface area (Å²) >= 11 is 0. The summed E-state index contributed by atoms with van der Waals surface area (Å²) in [4.78, 5) is 4.41. The topological polar surface area (TPSA) is 55.1 Å². The van der Waals surface area contributed by atoms with Crippen LogP contribution in [0.25, 0.3) is 5.78 Å². The molecule has 17 heavy (non-hydrogen) atoms. The Morgan fingerprint density at radius 1 is 1.29 bits per heavy atom. The number of rotatable bonds is 1. The quantitative estimate of drug-likeness (QED) is 0.809. The first-order valence-electron chi connectivity index (χ1n) is 6.18. The number of fused-ring (bicyclic) bond motifs is 1. The van der Waals surface area contributed by atoms with Crippen molar-refractivity contribution in [3.8, 4) is 0 Å². The third-order valence-electron chi connectivity index (χ3n) is 3.34. The minimum absolute atomic E-state index is 0.321. The van der Waals surface area contributed by atoms with Crippen LogP contribution in [0.2, 0.25) is 0 Å². The lowest BCUT2D eigenvalue weighted by Crippen LogP contribution is -2.28. The van der Waals surface area contributed by atoms with Gasteiger partial charge in [0.05, 0.1) is 6.04 Å². The molecule has 3 rings (SSSR count). The molecule has 0 spiro atoms. The van der Waals surface area contributed by atoms with Crippen LogP contribution in [0, 0.1) is 13.8 Å². The highest BCUT2D eigenvalue weighted by atomic mass is 15.3. The maximum Gasteiger partial charge on any atom is 0.255 e. The van der Waals surface area contributed by atoms with Crippen LogP contribution in [-0.4, -0.2) is 26.1 Å². The molecule has 0 saturated carbocycles. The molecule has 1 atom stereocenters. The maximum atomic E-state index is 4.41. The SMILES string of the molecule is Cc1cc(C)n2c(C3CCCCN3)nnc2n1. The van der Waals surface area contributed by atoms with E-state index in [2.05, 4.69) is 37.9 Å². The van der Waals surface area contributed by atoms with Crippen molar-refractivity contribution in [2.45, 2.75) is 39.2 Å². The van der Waals surface area contributed by atoms with Crippen molar-refractivity contribution in [2.75, 3.05) is 6.54 Å². The molecule has 1 aliphatic rings. The van der Waals surface area contributed by atoms with E-state index in [1.54, 1.807) is 0 Å². The maximum absolute atomic E-state index is 4.41. The van der Waals surface area contributed by atoms with Crippen molar-refractivity contribution in [1.29, 1.82) is 0 Å². The highest BCUT2D eigenvalue weighted by Gasteiger charge is 2.21. The molecule has 0 amide bonds. The summed E-state index contributed by atoms with van der Waals surface area (Å²) in [5.74, 6) is 1.72. The van der Waals surface area contributed by atoms with Gasteiger partial charge in [0.15, 0.2) is 5.82 Å². The number of hydrogen-bond donors (Lipinski definition) is 1. The van der Waals surface area contributed by atoms with Crippen LogP contribution < -0.4 is 5.32 Å². The third-order valence-corrected chi connectivity index (χ3v) is 3.34. The fourth-order valence-corrected chi connectivity index (χ4v) is 2.55. The number of piperidine rings is 1. The molecule has 1 saturated heterocycles. The van der Waals surface area contributed by atoms with E-state index in [0.29, 0.717) is 11.8 Å². The van der Waals surface area contributed by atoms with E-state index in [1.807, 2.05) is 6.92 Å². The molecule has 1 fully saturated rings. The van der Waals surface area contributed by atoms with E-state index in [9.17, 15) is 0 Å². The lowest BCUT2D eigenvalue weighted by molar-refractivity contribution is 0.394. The van der Waals surface area contributed by atoms with Gasteiger partial charge in [-0.3, -0.25) is 4.40 Å². The second kappa shape index (κ2) is 4.07. The van der Waals surface area contributed by atoms with Crippen LogP contribution in [0.5, 0.6) is 0 Å². The summed E-state index contributed by atoms with van der Waals surface area (Å²) in [6.07, 6.45) is 3.64. The van der Waals surface area contributed by atoms with Crippen LogP contribution >= 0.6 is 0 Å². The van der Waals surface area contributed by atoms with Crippen molar-refractivity contribution in [3.63, 3.8) is 0 Å². The van der Waals surface area contributed by atoms with Gasteiger partial charge in [-0.1, -0.05) is 6.42 Å². The van der Waals surface area contributed by atoms with Crippen LogP contribution in [0.3, 0.4) is 0 Å². The molecule has 3 heterocycles. The lowest BCUT2D eigenvalue weighted by Gasteiger charge is -2.22. The van der Waals surface area contributed by atoms with E-state index < -0.39 is 0 Å². The first-order chi connectivity index (χ1) is 8.25. The highest BCUT2D eigenvalue weighted by Crippen LogP contribution is 2.22. The zero-order valence-corrected chi connectivity index (χ0v) is 10.3. The zero-order chi connectivity index (χ0) is 11.8. The number of hydrogen-bond acceptors (Lipinski definition) is 4. The van der Waals surface area contributed by atoms with E-state index in [4.69, 9.17) is 0 Å². The van der Waals surface area contributed by atoms with Gasteiger partial charge < -0.3 is 5.32 Å². The fraction of sp³-hybridized carbons (Fsp3) is 0.583. The van der Waals surface area contributed by atoms with Crippen LogP contribution in [0.4, 0.5) is 0 Å². The Kier molecular flexibility index (Phi) is 2.55. The molecule has 1 N–H and O–H groups in total. The summed E-state index contributed by atoms with van der Waals surface area (Å²) < 4.78 is 2.07. The van der Waals surface area contributed by atoms with Crippen molar-refractivity contribution < 1.29 is 0 Å². The molecule has 5 heteroatoms. The van der Waals surface area contributed by atoms with Crippen LogP contribution in [0.1, 0.15) is 42.5 Å². The van der Waals surface area contributed by atoms with Gasteiger partial charge in [-0.05, 0) is 39.3 Å². The average Bonchev–Trinajstić information content (AvgIpc) is 2.74. The predicted molar refractivity (Wildman–Crippen MR) is 64.9 cm³/mol. The summed E-state index contributed by atoms with van der Waals surface area (Å²) in [7, 11) is 0. The predicted octanol–water partition coefficient (Wildman–Crippen LogP) is 1.56. The first-order valence-corrected chi connectivity index (χ1v) is 6.18. The van der Waals surface area contributed by atoms with Crippen LogP contribution in [0.15, 0.2) is 6.07 Å². The minimum Gasteiger partial charge on any atom is -0.307 e. The Hall–Kier alpha value is -1.49. The fourth-order valence-electron chi connectivity index (χ4n) is 2.55. The highest BCUT2D eigenvalue weighted by molar-refractivity contribution is 5.33. The molecule has 2 aromatic heterocycles. The molecule has 1 aliphatic heterocycles. The van der Waals surface area contributed by atoms with Gasteiger partial charge in [-0.15, -0.1) is 10.2 Å². The minimum atomic E-state index is 0.321. The van der Waals surface area contributed by atoms with E-state index in [0.717, 1.165) is 30.2 Å². The van der Waals surface area contributed by atoms with Gasteiger partial charge in [0.25, 0.3) is 5.78 Å². The molecule has 2 aromatic rings. The summed E-state index contributed by atoms with van der Waals surface area (Å²) in [5, 5.41) is 12.0. The lowest BCUT2D eigenvalue weighted by atomic mass is 10.0. The molecule has 1 unspecified atom stereocenters. The molecule has 5 nitrogen and oxygen atoms in total. The Morgan fingerprint density at radius 3 is 2.94 bits per heavy atom. The van der Waals surface area contributed by atoms with Gasteiger partial charge in [0, 0.05) is 11.4 Å². The zero-order valence-electron chi connectivity index (χ0n) is 10.3. The average molecular weight is 231 g/mol. The first kappa shape index (κ1) is 10.7. The van der Waals surface area contributed by atoms with E-state index in [1.165, 1.54) is 12.8 Å². The standard InChI is InChI=1S/C12H17N5/c1-8-7-9(2)17-11(15-16-12(17)14-8)10-5-3-4-6-13-10/h7,10,13H,3-6H2,1-2H3. The van der Waals surface area contributed by atoms with Gasteiger partial charge in [-0.25, -0.2) is 4.98 Å². The molecule has 0 aliphatic carbocycles. The van der Waals surface area contributed by atoms with Gasteiger partial charge in [0.2, 0.25) is 0 Å². The normalized spacial score (nSPS) is 20.9. The molecule has 90 valence electrons. The Balaban J connectivity index is 2.10. The van der Waals surface area contributed by atoms with Crippen LogP contribution in [-0.2, 0) is 0 Å². The smallest absolute Gasteiger partial charge is 0.255 e. The van der Waals surface area contributed by atoms with Gasteiger partial charge in [0.1, 0.15) is 0 Å². The van der Waals surface area contributed by atoms with Crippen molar-refractivity contribution in [1.82, 2.24) is 24.9 Å². The number of aryl methyl sites for hydroxylation is 2. The Morgan fingerprint density at radius 2 is 2.18 bits per heavy atom. The molecule has 0 radical (unpaired) electrons. The number of nitrogens with one attached hydrogen (secondary N) is 1. The third kappa shape index (κ3) is 1.80. The van der Waals surface area contributed by atoms with E-state index in [-0.39, 0.29) is 0 Å². The molecular weight excluding hydrogens is 214 g/mol. The van der Waals surface area contributed by atoms with Gasteiger partial charge in [-0.2, -0.15) is 0 Å². The summed E-state index contributed by atoms with van der Waals surface area (Å²) in [6.45, 7) is 5.13. The number of nitrogens with zero attached hydrogens (tertiary/aromatic N) is 4. The Labute approximate surface area is 100 Å². The van der Waals surface area contributed by atoms with E-state index >= 15 is 0 Å². The van der Waals surface area contributed by atoms with Crippen molar-refractivity contribution in [2.24, 2.45) is 0 Å². The molecular formula is C12H17N5.